The molecule has 22 aromatic carbocycles. The van der Waals surface area contributed by atoms with Crippen LogP contribution >= 0.6 is 0 Å². The number of para-hydroxylation sites is 4. The summed E-state index contributed by atoms with van der Waals surface area (Å²) in [6.07, 6.45) is 0. The van der Waals surface area contributed by atoms with E-state index in [1.807, 2.05) is 36.4 Å². The van der Waals surface area contributed by atoms with E-state index in [4.69, 9.17) is 29.9 Å². The molecule has 6 aromatic heterocycles. The molecule has 0 aliphatic heterocycles. The van der Waals surface area contributed by atoms with Gasteiger partial charge in [-0.25, -0.2) is 9.97 Å². The molecule has 0 saturated carbocycles. The van der Waals surface area contributed by atoms with Crippen LogP contribution in [0.5, 0.6) is 0 Å². The Morgan fingerprint density at radius 3 is 0.846 bits per heavy atom. The molecule has 0 fully saturated rings. The summed E-state index contributed by atoms with van der Waals surface area (Å²) in [7, 11) is 0. The molecule has 0 saturated heterocycles. The molecule has 0 bridgehead atoms. The Hall–Kier alpha value is -18.4. The lowest BCUT2D eigenvalue weighted by Crippen LogP contribution is -2.07. The summed E-state index contributed by atoms with van der Waals surface area (Å²) in [5.74, 6) is 3.27. The Bertz CT molecular complexity index is 9790. The largest absolute Gasteiger partial charge is 0.307 e. The van der Waals surface area contributed by atoms with Crippen molar-refractivity contribution in [1.29, 1.82) is 0 Å². The van der Waals surface area contributed by atoms with E-state index in [0.717, 1.165) is 176 Å². The third-order valence-electron chi connectivity index (χ3n) is 28.0. The van der Waals surface area contributed by atoms with Gasteiger partial charge in [-0.15, -0.1) is 0 Å². The lowest BCUT2D eigenvalue weighted by molar-refractivity contribution is 0.953. The van der Waals surface area contributed by atoms with Crippen LogP contribution in [0.25, 0.3) is 276 Å². The van der Waals surface area contributed by atoms with Gasteiger partial charge in [0, 0.05) is 76.7 Å². The molecule has 0 radical (unpaired) electrons. The van der Waals surface area contributed by atoms with E-state index in [-0.39, 0.29) is 0 Å². The minimum atomic E-state index is 0.503. The number of hydrogen-bond acceptors (Lipinski definition) is 6. The molecule has 28 rings (SSSR count). The van der Waals surface area contributed by atoms with Crippen molar-refractivity contribution < 1.29 is 0 Å². The molecular formula is C126H76N10. The summed E-state index contributed by atoms with van der Waals surface area (Å²) in [4.78, 5) is 33.2. The van der Waals surface area contributed by atoms with Crippen LogP contribution in [0.4, 0.5) is 0 Å². The molecule has 0 unspecified atom stereocenters. The summed E-state index contributed by atoms with van der Waals surface area (Å²) < 4.78 is 9.54. The first-order valence-corrected chi connectivity index (χ1v) is 46.3. The van der Waals surface area contributed by atoms with Crippen molar-refractivity contribution in [3.63, 3.8) is 0 Å². The predicted molar refractivity (Wildman–Crippen MR) is 565 cm³/mol. The summed E-state index contributed by atoms with van der Waals surface area (Å²) >= 11 is 0. The van der Waals surface area contributed by atoms with Crippen molar-refractivity contribution >= 4 is 152 Å². The van der Waals surface area contributed by atoms with Crippen LogP contribution in [0.15, 0.2) is 461 Å². The lowest BCUT2D eigenvalue weighted by Gasteiger charge is -2.16. The molecule has 10 nitrogen and oxygen atoms in total. The highest BCUT2D eigenvalue weighted by atomic mass is 15.2. The first kappa shape index (κ1) is 76.5. The van der Waals surface area contributed by atoms with Gasteiger partial charge < -0.3 is 9.13 Å². The molecule has 28 aromatic rings. The number of fused-ring (bicyclic) bond motifs is 26. The van der Waals surface area contributed by atoms with E-state index in [0.29, 0.717) is 35.2 Å². The second-order valence-corrected chi connectivity index (χ2v) is 35.5. The molecule has 0 atom stereocenters. The molecule has 0 N–H and O–H groups in total. The number of aromatic nitrogens is 10. The SMILES string of the molecule is c1ccc(-c2cccc(-c3nc(-c4ccccc4)nc(-n4c5ccccc5c5cc(-c6ccc(-c7ccc(-c8nc(-c9ccccc9)nc(-n9c%10ccccc%10c%10ccc%11c%12ccccc%12n(-c%12cccc(-c%13ccc%14c%15ccccc%15c%15ccccc%15c%14c%13)c%12)c%11c%109)n8)cc7)cc6)c6c7ccccc7n(-c7cccc(-c8ccc9c%10ccccc%10c%10ccccc%10c9c8)c7)c6c54)n3)c2)cc1. The molecule has 136 heavy (non-hydrogen) atoms. The van der Waals surface area contributed by atoms with Gasteiger partial charge in [0.1, 0.15) is 0 Å². The van der Waals surface area contributed by atoms with Gasteiger partial charge >= 0.3 is 0 Å². The Morgan fingerprint density at radius 2 is 0.397 bits per heavy atom. The molecular weight excluding hydrogens is 1650 g/mol. The lowest BCUT2D eigenvalue weighted by atomic mass is 9.92. The third kappa shape index (κ3) is 12.1. The van der Waals surface area contributed by atoms with Gasteiger partial charge in [-0.3, -0.25) is 9.13 Å². The fraction of sp³-hybridized carbons (Fsp3) is 0. The molecule has 0 spiro atoms. The van der Waals surface area contributed by atoms with Crippen LogP contribution in [-0.4, -0.2) is 48.2 Å². The topological polar surface area (TPSA) is 97.1 Å². The molecule has 0 aliphatic carbocycles. The van der Waals surface area contributed by atoms with Crippen molar-refractivity contribution in [3.8, 4) is 124 Å². The highest BCUT2D eigenvalue weighted by molar-refractivity contribution is 6.31. The monoisotopic (exact) mass is 1730 g/mol. The standard InChI is InChI=1S/C126H76N10/c1-4-29-77(30-5-1)84-35-26-38-89(71-84)124-128-122(82-33-8-3-9-34-82)130-126(132-124)136-114-55-24-20-51-104(114)111-76-108(116-107-52-21-25-56-115(107)134(120(116)119(111)136)91-40-28-37-86(73-91)88-66-68-101-97-46-13-11-42-93(97)95-44-15-17-48-99(95)110(101)75-88)80-61-57-78(58-62-80)79-59-63-83(64-60-79)123-127-121(81-31-6-2-7-32-81)129-125(131-123)135-113-54-23-19-50-103(113)106-70-69-105-102-49-18-22-53-112(102)133(117(105)118(106)135)90-39-27-36-85(72-90)87-65-67-100-96-45-12-10-41-92(96)94-43-14-16-47-98(94)109(100)74-87/h1-76H. The van der Waals surface area contributed by atoms with Gasteiger partial charge in [-0.2, -0.15) is 19.9 Å². The van der Waals surface area contributed by atoms with E-state index in [9.17, 15) is 0 Å². The van der Waals surface area contributed by atoms with Crippen LogP contribution in [0.2, 0.25) is 0 Å². The highest BCUT2D eigenvalue weighted by Crippen LogP contribution is 2.50. The van der Waals surface area contributed by atoms with Crippen molar-refractivity contribution in [3.05, 3.63) is 461 Å². The second-order valence-electron chi connectivity index (χ2n) is 35.5. The first-order valence-electron chi connectivity index (χ1n) is 46.3. The molecule has 6 heterocycles. The van der Waals surface area contributed by atoms with Crippen LogP contribution in [0, 0.1) is 0 Å². The van der Waals surface area contributed by atoms with Crippen LogP contribution < -0.4 is 0 Å². The number of benzene rings is 22. The Kier molecular flexibility index (Phi) is 17.2. The Labute approximate surface area is 780 Å². The predicted octanol–water partition coefficient (Wildman–Crippen LogP) is 32.4. The van der Waals surface area contributed by atoms with Gasteiger partial charge in [-0.05, 0) is 193 Å². The van der Waals surface area contributed by atoms with Gasteiger partial charge in [0.05, 0.1) is 44.1 Å². The average molecular weight is 1730 g/mol. The number of rotatable bonds is 13. The zero-order valence-electron chi connectivity index (χ0n) is 73.4. The molecule has 630 valence electrons. The maximum atomic E-state index is 5.65. The Balaban J connectivity index is 0.599. The van der Waals surface area contributed by atoms with Gasteiger partial charge in [-0.1, -0.05) is 388 Å². The van der Waals surface area contributed by atoms with Crippen molar-refractivity contribution in [1.82, 2.24) is 48.2 Å². The quantitative estimate of drug-likeness (QED) is 0.107. The molecule has 10 heteroatoms. The zero-order chi connectivity index (χ0) is 89.2. The maximum absolute atomic E-state index is 5.65. The van der Waals surface area contributed by atoms with E-state index in [2.05, 4.69) is 443 Å². The highest BCUT2D eigenvalue weighted by Gasteiger charge is 2.30. The normalized spacial score (nSPS) is 12.0. The van der Waals surface area contributed by atoms with E-state index in [1.165, 1.54) is 64.6 Å². The summed E-state index contributed by atoms with van der Waals surface area (Å²) in [5.41, 5.74) is 24.6. The fourth-order valence-corrected chi connectivity index (χ4v) is 21.8. The zero-order valence-corrected chi connectivity index (χ0v) is 73.4. The van der Waals surface area contributed by atoms with Crippen molar-refractivity contribution in [2.24, 2.45) is 0 Å². The average Bonchev–Trinajstić information content (AvgIpc) is 1.53. The van der Waals surface area contributed by atoms with Crippen LogP contribution in [0.3, 0.4) is 0 Å². The maximum Gasteiger partial charge on any atom is 0.238 e. The second kappa shape index (κ2) is 30.6. The number of nitrogens with zero attached hydrogens (tertiary/aromatic N) is 10. The fourth-order valence-electron chi connectivity index (χ4n) is 21.8. The van der Waals surface area contributed by atoms with Crippen molar-refractivity contribution in [2.75, 3.05) is 0 Å². The van der Waals surface area contributed by atoms with Crippen LogP contribution in [-0.2, 0) is 0 Å². The third-order valence-corrected chi connectivity index (χ3v) is 28.0. The van der Waals surface area contributed by atoms with Crippen molar-refractivity contribution in [2.45, 2.75) is 0 Å². The van der Waals surface area contributed by atoms with E-state index in [1.54, 1.807) is 0 Å². The first-order chi connectivity index (χ1) is 67.4. The van der Waals surface area contributed by atoms with E-state index >= 15 is 0 Å². The van der Waals surface area contributed by atoms with Gasteiger partial charge in [0.15, 0.2) is 23.3 Å². The van der Waals surface area contributed by atoms with Gasteiger partial charge in [0.2, 0.25) is 11.9 Å². The smallest absolute Gasteiger partial charge is 0.238 e. The summed E-state index contributed by atoms with van der Waals surface area (Å²) in [6.45, 7) is 0. The van der Waals surface area contributed by atoms with E-state index < -0.39 is 0 Å². The minimum absolute atomic E-state index is 0.503. The van der Waals surface area contributed by atoms with Gasteiger partial charge in [0.25, 0.3) is 0 Å². The molecule has 0 amide bonds. The minimum Gasteiger partial charge on any atom is -0.307 e. The number of hydrogen-bond donors (Lipinski definition) is 0. The summed E-state index contributed by atoms with van der Waals surface area (Å²) in [5, 5.41) is 23.7. The molecule has 0 aliphatic rings. The Morgan fingerprint density at radius 1 is 0.132 bits per heavy atom. The van der Waals surface area contributed by atoms with Crippen LogP contribution in [0.1, 0.15) is 0 Å². The summed E-state index contributed by atoms with van der Waals surface area (Å²) in [6, 6.07) is 167.